The minimum absolute atomic E-state index is 0.0191. The monoisotopic (exact) mass is 383 g/mol. The molecule has 7 heteroatoms. The normalized spacial score (nSPS) is 21.5. The van der Waals surface area contributed by atoms with Crippen molar-refractivity contribution in [2.75, 3.05) is 26.2 Å². The molecule has 1 N–H and O–H groups in total. The molecule has 2 aromatic rings. The number of piperidine rings is 1. The average Bonchev–Trinajstić information content (AvgIpc) is 3.38. The number of hydrogen-bond acceptors (Lipinski definition) is 5. The van der Waals surface area contributed by atoms with Crippen molar-refractivity contribution in [1.29, 1.82) is 0 Å². The molecule has 1 aliphatic carbocycles. The summed E-state index contributed by atoms with van der Waals surface area (Å²) in [6.07, 6.45) is 9.95. The van der Waals surface area contributed by atoms with Crippen LogP contribution in [0.3, 0.4) is 0 Å². The molecular weight excluding hydrogens is 354 g/mol. The van der Waals surface area contributed by atoms with E-state index in [2.05, 4.69) is 22.0 Å². The Kier molecular flexibility index (Phi) is 4.50. The van der Waals surface area contributed by atoms with Crippen LogP contribution in [0.15, 0.2) is 10.9 Å². The largest absolute Gasteiger partial charge is 0.350 e. The zero-order valence-electron chi connectivity index (χ0n) is 16.7. The number of nitrogens with one attached hydrogen (secondary N) is 1. The third kappa shape index (κ3) is 2.70. The van der Waals surface area contributed by atoms with Gasteiger partial charge in [0.15, 0.2) is 0 Å². The molecule has 0 atom stereocenters. The van der Waals surface area contributed by atoms with Crippen molar-refractivity contribution in [2.24, 2.45) is 0 Å². The first-order chi connectivity index (χ1) is 13.7. The fraction of sp³-hybridized carbons (Fsp3) is 0.667. The van der Waals surface area contributed by atoms with E-state index in [0.29, 0.717) is 5.76 Å². The number of rotatable bonds is 3. The van der Waals surface area contributed by atoms with Gasteiger partial charge in [-0.2, -0.15) is 0 Å². The Balaban J connectivity index is 1.37. The van der Waals surface area contributed by atoms with E-state index in [9.17, 15) is 4.79 Å². The van der Waals surface area contributed by atoms with Crippen molar-refractivity contribution >= 4 is 5.91 Å². The predicted octanol–water partition coefficient (Wildman–Crippen LogP) is 2.68. The molecule has 5 rings (SSSR count). The van der Waals surface area contributed by atoms with E-state index in [1.165, 1.54) is 11.4 Å². The van der Waals surface area contributed by atoms with Gasteiger partial charge < -0.3 is 14.4 Å². The molecule has 0 aromatic carbocycles. The fourth-order valence-electron chi connectivity index (χ4n) is 5.45. The summed E-state index contributed by atoms with van der Waals surface area (Å²) in [5, 5.41) is 4.17. The lowest BCUT2D eigenvalue weighted by Crippen LogP contribution is -2.57. The number of aromatic nitrogens is 3. The highest BCUT2D eigenvalue weighted by Gasteiger charge is 2.47. The van der Waals surface area contributed by atoms with Crippen LogP contribution in [0.5, 0.6) is 0 Å². The van der Waals surface area contributed by atoms with E-state index in [-0.39, 0.29) is 11.4 Å². The standard InChI is InChI=1S/C21H29N5O2/c1-2-10-26-11-7-17-19(23-14-22-17)21(26)8-12-25(13-9-21)20(27)18-15-5-3-4-6-16(15)24-28-18/h14H,2-13H2,1H3,(H,22,23). The second-order valence-corrected chi connectivity index (χ2v) is 8.43. The summed E-state index contributed by atoms with van der Waals surface area (Å²) >= 11 is 0. The van der Waals surface area contributed by atoms with E-state index >= 15 is 0 Å². The zero-order chi connectivity index (χ0) is 19.1. The third-order valence-corrected chi connectivity index (χ3v) is 6.92. The van der Waals surface area contributed by atoms with Crippen LogP contribution in [0.1, 0.15) is 72.2 Å². The van der Waals surface area contributed by atoms with Gasteiger partial charge in [0.05, 0.1) is 23.3 Å². The number of aryl methyl sites for hydroxylation is 1. The van der Waals surface area contributed by atoms with Crippen molar-refractivity contribution in [3.05, 3.63) is 34.7 Å². The van der Waals surface area contributed by atoms with Gasteiger partial charge in [0.25, 0.3) is 5.91 Å². The van der Waals surface area contributed by atoms with Crippen molar-refractivity contribution in [2.45, 2.75) is 63.8 Å². The highest BCUT2D eigenvalue weighted by Crippen LogP contribution is 2.42. The number of nitrogens with zero attached hydrogens (tertiary/aromatic N) is 4. The molecule has 0 radical (unpaired) electrons. The second kappa shape index (κ2) is 7.03. The van der Waals surface area contributed by atoms with Gasteiger partial charge in [-0.15, -0.1) is 0 Å². The Morgan fingerprint density at radius 2 is 2.04 bits per heavy atom. The van der Waals surface area contributed by atoms with E-state index in [1.54, 1.807) is 0 Å². The molecule has 0 unspecified atom stereocenters. The summed E-state index contributed by atoms with van der Waals surface area (Å²) < 4.78 is 5.50. The molecule has 0 saturated carbocycles. The summed E-state index contributed by atoms with van der Waals surface area (Å²) in [6.45, 7) is 5.85. The molecule has 1 amide bonds. The van der Waals surface area contributed by atoms with Crippen LogP contribution in [0.4, 0.5) is 0 Å². The smallest absolute Gasteiger partial charge is 0.292 e. The number of carbonyl (C=O) groups excluding carboxylic acids is 1. The van der Waals surface area contributed by atoms with Crippen molar-refractivity contribution in [3.63, 3.8) is 0 Å². The fourth-order valence-corrected chi connectivity index (χ4v) is 5.45. The molecule has 1 fully saturated rings. The summed E-state index contributed by atoms with van der Waals surface area (Å²) in [5.41, 5.74) is 4.48. The lowest BCUT2D eigenvalue weighted by atomic mass is 9.78. The molecule has 3 aliphatic rings. The van der Waals surface area contributed by atoms with Gasteiger partial charge in [-0.1, -0.05) is 12.1 Å². The number of aromatic amines is 1. The molecule has 2 aliphatic heterocycles. The highest BCUT2D eigenvalue weighted by atomic mass is 16.5. The number of imidazole rings is 1. The predicted molar refractivity (Wildman–Crippen MR) is 104 cm³/mol. The molecule has 4 heterocycles. The van der Waals surface area contributed by atoms with Crippen molar-refractivity contribution in [3.8, 4) is 0 Å². The molecular formula is C21H29N5O2. The quantitative estimate of drug-likeness (QED) is 0.882. The first kappa shape index (κ1) is 17.9. The number of amides is 1. The number of H-pyrrole nitrogens is 1. The van der Waals surface area contributed by atoms with Gasteiger partial charge in [-0.05, 0) is 51.5 Å². The molecule has 28 heavy (non-hydrogen) atoms. The maximum Gasteiger partial charge on any atom is 0.292 e. The van der Waals surface area contributed by atoms with Gasteiger partial charge in [-0.25, -0.2) is 4.98 Å². The molecule has 1 spiro atoms. The Hall–Kier alpha value is -2.15. The van der Waals surface area contributed by atoms with E-state index in [4.69, 9.17) is 9.51 Å². The lowest BCUT2D eigenvalue weighted by Gasteiger charge is -2.50. The molecule has 2 aromatic heterocycles. The van der Waals surface area contributed by atoms with Crippen molar-refractivity contribution in [1.82, 2.24) is 24.9 Å². The third-order valence-electron chi connectivity index (χ3n) is 6.92. The van der Waals surface area contributed by atoms with E-state index in [1.807, 2.05) is 11.2 Å². The Labute approximate surface area is 165 Å². The van der Waals surface area contributed by atoms with Crippen LogP contribution in [0.2, 0.25) is 0 Å². The number of carbonyl (C=O) groups is 1. The summed E-state index contributed by atoms with van der Waals surface area (Å²) in [4.78, 5) is 25.8. The van der Waals surface area contributed by atoms with Crippen LogP contribution in [0.25, 0.3) is 0 Å². The van der Waals surface area contributed by atoms with Gasteiger partial charge >= 0.3 is 0 Å². The second-order valence-electron chi connectivity index (χ2n) is 8.43. The van der Waals surface area contributed by atoms with Crippen molar-refractivity contribution < 1.29 is 9.32 Å². The average molecular weight is 383 g/mol. The SMILES string of the molecule is CCCN1CCc2[nH]cnc2C12CCN(C(=O)c1onc3c1CCCC3)CC2. The van der Waals surface area contributed by atoms with E-state index < -0.39 is 0 Å². The Bertz CT molecular complexity index is 862. The van der Waals surface area contributed by atoms with Crippen LogP contribution >= 0.6 is 0 Å². The zero-order valence-corrected chi connectivity index (χ0v) is 16.7. The molecule has 7 nitrogen and oxygen atoms in total. The summed E-state index contributed by atoms with van der Waals surface area (Å²) in [6, 6.07) is 0. The number of fused-ring (bicyclic) bond motifs is 3. The molecule has 1 saturated heterocycles. The topological polar surface area (TPSA) is 78.3 Å². The van der Waals surface area contributed by atoms with E-state index in [0.717, 1.165) is 88.8 Å². The maximum absolute atomic E-state index is 13.2. The molecule has 0 bridgehead atoms. The number of hydrogen-bond donors (Lipinski definition) is 1. The van der Waals surface area contributed by atoms with Gasteiger partial charge in [0.1, 0.15) is 0 Å². The van der Waals surface area contributed by atoms with Gasteiger partial charge in [0.2, 0.25) is 5.76 Å². The van der Waals surface area contributed by atoms with Crippen LogP contribution in [-0.2, 0) is 24.8 Å². The molecule has 150 valence electrons. The van der Waals surface area contributed by atoms with Crippen LogP contribution < -0.4 is 0 Å². The summed E-state index contributed by atoms with van der Waals surface area (Å²) in [7, 11) is 0. The highest BCUT2D eigenvalue weighted by molar-refractivity contribution is 5.93. The van der Waals surface area contributed by atoms with Gasteiger partial charge in [-0.3, -0.25) is 9.69 Å². The van der Waals surface area contributed by atoms with Gasteiger partial charge in [0, 0.05) is 37.3 Å². The maximum atomic E-state index is 13.2. The summed E-state index contributed by atoms with van der Waals surface area (Å²) in [5.74, 6) is 0.505. The Morgan fingerprint density at radius 1 is 1.21 bits per heavy atom. The van der Waals surface area contributed by atoms with Crippen LogP contribution in [-0.4, -0.2) is 57.0 Å². The Morgan fingerprint density at radius 3 is 2.86 bits per heavy atom. The first-order valence-corrected chi connectivity index (χ1v) is 10.8. The minimum Gasteiger partial charge on any atom is -0.350 e. The lowest BCUT2D eigenvalue weighted by molar-refractivity contribution is 0.00583. The van der Waals surface area contributed by atoms with Crippen LogP contribution in [0, 0.1) is 0 Å². The first-order valence-electron chi connectivity index (χ1n) is 10.8. The minimum atomic E-state index is -0.0405. The number of likely N-dealkylation sites (tertiary alicyclic amines) is 1.